The van der Waals surface area contributed by atoms with Crippen molar-refractivity contribution < 1.29 is 9.90 Å². The van der Waals surface area contributed by atoms with Crippen LogP contribution in [-0.2, 0) is 0 Å². The summed E-state index contributed by atoms with van der Waals surface area (Å²) in [6.07, 6.45) is 2.69. The van der Waals surface area contributed by atoms with Crippen molar-refractivity contribution in [3.63, 3.8) is 0 Å². The fraction of sp³-hybridized carbons (Fsp3) is 0.917. The molecule has 2 amide bonds. The zero-order chi connectivity index (χ0) is 12.9. The van der Waals surface area contributed by atoms with Gasteiger partial charge in [-0.1, -0.05) is 0 Å². The highest BCUT2D eigenvalue weighted by molar-refractivity contribution is 8.00. The van der Waals surface area contributed by atoms with Crippen LogP contribution in [0.25, 0.3) is 0 Å². The smallest absolute Gasteiger partial charge is 0.317 e. The number of aliphatic hydroxyl groups is 1. The summed E-state index contributed by atoms with van der Waals surface area (Å²) in [6, 6.07) is -0.0422. The third-order valence-corrected chi connectivity index (χ3v) is 4.68. The van der Waals surface area contributed by atoms with Crippen molar-refractivity contribution in [3.8, 4) is 0 Å². The van der Waals surface area contributed by atoms with Gasteiger partial charge in [0.05, 0.1) is 6.10 Å². The van der Waals surface area contributed by atoms with Crippen molar-refractivity contribution in [2.75, 3.05) is 25.9 Å². The molecule has 0 radical (unpaired) electrons. The van der Waals surface area contributed by atoms with Gasteiger partial charge in [-0.15, -0.1) is 0 Å². The van der Waals surface area contributed by atoms with E-state index < -0.39 is 0 Å². The van der Waals surface area contributed by atoms with Gasteiger partial charge in [0.2, 0.25) is 0 Å². The van der Waals surface area contributed by atoms with Gasteiger partial charge in [-0.3, -0.25) is 0 Å². The van der Waals surface area contributed by atoms with Crippen molar-refractivity contribution in [2.24, 2.45) is 0 Å². The first kappa shape index (κ1) is 14.6. The van der Waals surface area contributed by atoms with Gasteiger partial charge in [0.25, 0.3) is 0 Å². The molecule has 1 fully saturated rings. The molecule has 5 heteroatoms. The summed E-state index contributed by atoms with van der Waals surface area (Å²) in [5.74, 6) is 1.20. The molecule has 0 saturated carbocycles. The van der Waals surface area contributed by atoms with E-state index in [2.05, 4.69) is 12.2 Å². The van der Waals surface area contributed by atoms with Crippen molar-refractivity contribution in [3.05, 3.63) is 0 Å². The first-order valence-corrected chi connectivity index (χ1v) is 7.22. The number of rotatable bonds is 5. The largest absolute Gasteiger partial charge is 0.393 e. The standard InChI is InChI=1S/C12H24N2O2S/c1-10(15)5-7-14(3)11(16)13-9-12(2)6-4-8-17-12/h10,15H,4-9H2,1-3H3,(H,13,16). The Morgan fingerprint density at radius 1 is 1.65 bits per heavy atom. The third-order valence-electron chi connectivity index (χ3n) is 3.14. The van der Waals surface area contributed by atoms with Crippen LogP contribution < -0.4 is 5.32 Å². The molecule has 0 aromatic carbocycles. The summed E-state index contributed by atoms with van der Waals surface area (Å²) in [7, 11) is 1.77. The van der Waals surface area contributed by atoms with Gasteiger partial charge < -0.3 is 15.3 Å². The molecular formula is C12H24N2O2S. The highest BCUT2D eigenvalue weighted by Crippen LogP contribution is 2.36. The molecule has 1 heterocycles. The molecule has 0 spiro atoms. The number of hydrogen-bond acceptors (Lipinski definition) is 3. The molecule has 4 nitrogen and oxygen atoms in total. The number of nitrogens with one attached hydrogen (secondary N) is 1. The van der Waals surface area contributed by atoms with E-state index in [1.807, 2.05) is 11.8 Å². The van der Waals surface area contributed by atoms with E-state index in [1.165, 1.54) is 18.6 Å². The summed E-state index contributed by atoms with van der Waals surface area (Å²) in [5.41, 5.74) is 0. The molecule has 1 aliphatic heterocycles. The highest BCUT2D eigenvalue weighted by atomic mass is 32.2. The molecule has 0 aromatic rings. The van der Waals surface area contributed by atoms with E-state index >= 15 is 0 Å². The molecule has 17 heavy (non-hydrogen) atoms. The number of thioether (sulfide) groups is 1. The van der Waals surface area contributed by atoms with Crippen LogP contribution in [0.5, 0.6) is 0 Å². The van der Waals surface area contributed by atoms with Crippen LogP contribution >= 0.6 is 11.8 Å². The SMILES string of the molecule is CC(O)CCN(C)C(=O)NCC1(C)CCCS1. The first-order chi connectivity index (χ1) is 7.93. The van der Waals surface area contributed by atoms with E-state index in [9.17, 15) is 4.79 Å². The maximum absolute atomic E-state index is 11.8. The molecule has 1 aliphatic rings. The Balaban J connectivity index is 2.24. The number of aliphatic hydroxyl groups excluding tert-OH is 1. The second kappa shape index (κ2) is 6.50. The van der Waals surface area contributed by atoms with Crippen LogP contribution in [0.4, 0.5) is 4.79 Å². The van der Waals surface area contributed by atoms with Crippen LogP contribution in [-0.4, -0.2) is 52.8 Å². The monoisotopic (exact) mass is 260 g/mol. The average molecular weight is 260 g/mol. The van der Waals surface area contributed by atoms with Crippen LogP contribution in [0.3, 0.4) is 0 Å². The molecule has 2 atom stereocenters. The van der Waals surface area contributed by atoms with Crippen molar-refractivity contribution in [2.45, 2.75) is 44.0 Å². The van der Waals surface area contributed by atoms with Gasteiger partial charge in [0.1, 0.15) is 0 Å². The fourth-order valence-electron chi connectivity index (χ4n) is 1.86. The van der Waals surface area contributed by atoms with E-state index in [1.54, 1.807) is 18.9 Å². The second-order valence-corrected chi connectivity index (χ2v) is 6.80. The average Bonchev–Trinajstić information content (AvgIpc) is 2.70. The molecule has 0 bridgehead atoms. The summed E-state index contributed by atoms with van der Waals surface area (Å²) in [6.45, 7) is 5.27. The van der Waals surface area contributed by atoms with Gasteiger partial charge in [0, 0.05) is 24.9 Å². The minimum absolute atomic E-state index is 0.0422. The van der Waals surface area contributed by atoms with Crippen molar-refractivity contribution >= 4 is 17.8 Å². The Labute approximate surface area is 108 Å². The van der Waals surface area contributed by atoms with Gasteiger partial charge in [-0.05, 0) is 38.9 Å². The normalized spacial score (nSPS) is 25.6. The lowest BCUT2D eigenvalue weighted by molar-refractivity contribution is 0.163. The Kier molecular flexibility index (Phi) is 5.59. The van der Waals surface area contributed by atoms with Crippen LogP contribution in [0, 0.1) is 0 Å². The molecular weight excluding hydrogens is 236 g/mol. The topological polar surface area (TPSA) is 52.6 Å². The Morgan fingerprint density at radius 2 is 2.35 bits per heavy atom. The number of amides is 2. The summed E-state index contributed by atoms with van der Waals surface area (Å²) < 4.78 is 0.209. The molecule has 0 aromatic heterocycles. The minimum Gasteiger partial charge on any atom is -0.393 e. The van der Waals surface area contributed by atoms with Gasteiger partial charge in [-0.2, -0.15) is 11.8 Å². The molecule has 1 rings (SSSR count). The quantitative estimate of drug-likeness (QED) is 0.791. The lowest BCUT2D eigenvalue weighted by Gasteiger charge is -2.25. The minimum atomic E-state index is -0.354. The van der Waals surface area contributed by atoms with Gasteiger partial charge >= 0.3 is 6.03 Å². The molecule has 2 N–H and O–H groups in total. The van der Waals surface area contributed by atoms with E-state index in [0.717, 1.165) is 6.54 Å². The summed E-state index contributed by atoms with van der Waals surface area (Å²) >= 11 is 1.94. The number of urea groups is 1. The van der Waals surface area contributed by atoms with Crippen LogP contribution in [0.1, 0.15) is 33.1 Å². The highest BCUT2D eigenvalue weighted by Gasteiger charge is 2.29. The predicted octanol–water partition coefficient (Wildman–Crippen LogP) is 1.68. The second-order valence-electron chi connectivity index (χ2n) is 5.12. The number of carbonyl (C=O) groups is 1. The summed E-state index contributed by atoms with van der Waals surface area (Å²) in [4.78, 5) is 13.4. The maximum atomic E-state index is 11.8. The molecule has 0 aliphatic carbocycles. The lowest BCUT2D eigenvalue weighted by atomic mass is 10.1. The van der Waals surface area contributed by atoms with E-state index in [0.29, 0.717) is 13.0 Å². The fourth-order valence-corrected chi connectivity index (χ4v) is 3.10. The molecule has 1 saturated heterocycles. The summed E-state index contributed by atoms with van der Waals surface area (Å²) in [5, 5.41) is 12.1. The number of carbonyl (C=O) groups excluding carboxylic acids is 1. The predicted molar refractivity (Wildman–Crippen MR) is 72.4 cm³/mol. The lowest BCUT2D eigenvalue weighted by Crippen LogP contribution is -2.43. The Bertz CT molecular complexity index is 253. The Morgan fingerprint density at radius 3 is 2.88 bits per heavy atom. The van der Waals surface area contributed by atoms with Gasteiger partial charge in [0.15, 0.2) is 0 Å². The molecule has 2 unspecified atom stereocenters. The first-order valence-electron chi connectivity index (χ1n) is 6.24. The third kappa shape index (κ3) is 5.17. The van der Waals surface area contributed by atoms with Crippen molar-refractivity contribution in [1.29, 1.82) is 0 Å². The number of hydrogen-bond donors (Lipinski definition) is 2. The number of nitrogens with zero attached hydrogens (tertiary/aromatic N) is 1. The maximum Gasteiger partial charge on any atom is 0.317 e. The van der Waals surface area contributed by atoms with E-state index in [-0.39, 0.29) is 16.9 Å². The Hall–Kier alpha value is -0.420. The zero-order valence-electron chi connectivity index (χ0n) is 11.0. The van der Waals surface area contributed by atoms with Crippen LogP contribution in [0.2, 0.25) is 0 Å². The molecule has 100 valence electrons. The van der Waals surface area contributed by atoms with Crippen molar-refractivity contribution in [1.82, 2.24) is 10.2 Å². The zero-order valence-corrected chi connectivity index (χ0v) is 11.8. The van der Waals surface area contributed by atoms with E-state index in [4.69, 9.17) is 5.11 Å². The van der Waals surface area contributed by atoms with Gasteiger partial charge in [-0.25, -0.2) is 4.79 Å². The van der Waals surface area contributed by atoms with Crippen LogP contribution in [0.15, 0.2) is 0 Å².